The largest absolute Gasteiger partial charge is 0.306 e. The van der Waals surface area contributed by atoms with E-state index >= 15 is 0 Å². The number of hydrogen-bond acceptors (Lipinski definition) is 3. The number of rotatable bonds is 2. The van der Waals surface area contributed by atoms with Crippen LogP contribution in [0.3, 0.4) is 0 Å². The maximum absolute atomic E-state index is 12.7. The third kappa shape index (κ3) is 2.97. The number of nitrogens with zero attached hydrogens (tertiary/aromatic N) is 1. The first kappa shape index (κ1) is 16.3. The van der Waals surface area contributed by atoms with Crippen LogP contribution in [0.4, 0.5) is 0 Å². The molecule has 25 heavy (non-hydrogen) atoms. The van der Waals surface area contributed by atoms with Crippen molar-refractivity contribution in [2.75, 3.05) is 0 Å². The molecule has 0 aliphatic carbocycles. The second kappa shape index (κ2) is 6.30. The van der Waals surface area contributed by atoms with E-state index < -0.39 is 0 Å². The molecule has 0 aliphatic heterocycles. The van der Waals surface area contributed by atoms with Gasteiger partial charge in [0.15, 0.2) is 0 Å². The first-order chi connectivity index (χ1) is 12.0. The van der Waals surface area contributed by atoms with Crippen LogP contribution in [0.1, 0.15) is 5.56 Å². The first-order valence-electron chi connectivity index (χ1n) is 7.57. The van der Waals surface area contributed by atoms with Crippen molar-refractivity contribution in [3.63, 3.8) is 0 Å². The van der Waals surface area contributed by atoms with E-state index in [2.05, 4.69) is 9.97 Å². The molecule has 0 amide bonds. The van der Waals surface area contributed by atoms with Crippen LogP contribution in [-0.4, -0.2) is 9.97 Å². The number of aryl methyl sites for hydroxylation is 1. The second-order valence-electron chi connectivity index (χ2n) is 5.74. The minimum Gasteiger partial charge on any atom is -0.306 e. The minimum atomic E-state index is -0.163. The first-order valence-corrected chi connectivity index (χ1v) is 9.20. The molecule has 2 aromatic heterocycles. The molecule has 0 atom stereocenters. The predicted octanol–water partition coefficient (Wildman–Crippen LogP) is 5.93. The number of thiophene rings is 1. The number of nitrogens with one attached hydrogen (secondary N) is 1. The minimum absolute atomic E-state index is 0.163. The Morgan fingerprint density at radius 2 is 1.88 bits per heavy atom. The van der Waals surface area contributed by atoms with Crippen molar-refractivity contribution in [3.8, 4) is 22.5 Å². The molecular formula is C19H12Cl2N2OS. The monoisotopic (exact) mass is 386 g/mol. The van der Waals surface area contributed by atoms with Gasteiger partial charge < -0.3 is 4.98 Å². The molecule has 0 unspecified atom stereocenters. The summed E-state index contributed by atoms with van der Waals surface area (Å²) in [6, 6.07) is 13.2. The van der Waals surface area contributed by atoms with Crippen LogP contribution < -0.4 is 5.56 Å². The van der Waals surface area contributed by atoms with Gasteiger partial charge >= 0.3 is 0 Å². The summed E-state index contributed by atoms with van der Waals surface area (Å²) < 4.78 is 0. The summed E-state index contributed by atoms with van der Waals surface area (Å²) >= 11 is 13.5. The molecule has 2 heterocycles. The summed E-state index contributed by atoms with van der Waals surface area (Å²) in [5.74, 6) is 0.573. The Kier molecular flexibility index (Phi) is 4.12. The van der Waals surface area contributed by atoms with Gasteiger partial charge in [-0.3, -0.25) is 4.79 Å². The van der Waals surface area contributed by atoms with Crippen LogP contribution in [-0.2, 0) is 0 Å². The zero-order chi connectivity index (χ0) is 17.6. The highest BCUT2D eigenvalue weighted by atomic mass is 35.5. The number of benzene rings is 2. The van der Waals surface area contributed by atoms with Crippen LogP contribution in [0.2, 0.25) is 10.0 Å². The quantitative estimate of drug-likeness (QED) is 0.463. The summed E-state index contributed by atoms with van der Waals surface area (Å²) in [4.78, 5) is 20.9. The normalized spacial score (nSPS) is 11.2. The van der Waals surface area contributed by atoms with E-state index in [1.165, 1.54) is 11.3 Å². The van der Waals surface area contributed by atoms with Crippen LogP contribution >= 0.6 is 34.5 Å². The van der Waals surface area contributed by atoms with Gasteiger partial charge in [0, 0.05) is 16.5 Å². The third-order valence-corrected chi connectivity index (χ3v) is 5.58. The molecular weight excluding hydrogens is 375 g/mol. The van der Waals surface area contributed by atoms with Crippen LogP contribution in [0.5, 0.6) is 0 Å². The number of aromatic nitrogens is 2. The van der Waals surface area contributed by atoms with Gasteiger partial charge in [-0.1, -0.05) is 53.0 Å². The van der Waals surface area contributed by atoms with Gasteiger partial charge in [-0.25, -0.2) is 4.98 Å². The van der Waals surface area contributed by atoms with Crippen molar-refractivity contribution in [2.24, 2.45) is 0 Å². The third-order valence-electron chi connectivity index (χ3n) is 3.97. The van der Waals surface area contributed by atoms with Gasteiger partial charge in [0.1, 0.15) is 10.7 Å². The molecule has 0 aliphatic rings. The highest BCUT2D eigenvalue weighted by Gasteiger charge is 2.14. The summed E-state index contributed by atoms with van der Waals surface area (Å²) in [7, 11) is 0. The Morgan fingerprint density at radius 1 is 1.04 bits per heavy atom. The summed E-state index contributed by atoms with van der Waals surface area (Å²) in [5.41, 5.74) is 3.50. The molecule has 4 rings (SSSR count). The number of fused-ring (bicyclic) bond motifs is 1. The van der Waals surface area contributed by atoms with Gasteiger partial charge in [-0.2, -0.15) is 0 Å². The fraction of sp³-hybridized carbons (Fsp3) is 0.0526. The summed E-state index contributed by atoms with van der Waals surface area (Å²) in [6.07, 6.45) is 0. The Balaban J connectivity index is 1.90. The second-order valence-corrected chi connectivity index (χ2v) is 7.41. The molecule has 0 saturated carbocycles. The standard InChI is InChI=1S/C19H12Cl2N2OS/c1-10-3-2-4-12(7-10)17-22-18(24)16-13(9-25-19(16)23-17)11-5-6-14(20)15(21)8-11/h2-9H,1H3,(H,22,23,24). The van der Waals surface area contributed by atoms with E-state index in [1.807, 2.05) is 42.6 Å². The fourth-order valence-electron chi connectivity index (χ4n) is 2.75. The Labute approximate surface area is 157 Å². The zero-order valence-corrected chi connectivity index (χ0v) is 15.5. The van der Waals surface area contributed by atoms with Crippen LogP contribution in [0.25, 0.3) is 32.7 Å². The van der Waals surface area contributed by atoms with Crippen molar-refractivity contribution >= 4 is 44.8 Å². The maximum Gasteiger partial charge on any atom is 0.260 e. The number of aromatic amines is 1. The van der Waals surface area contributed by atoms with Gasteiger partial charge in [-0.05, 0) is 30.7 Å². The highest BCUT2D eigenvalue weighted by molar-refractivity contribution is 7.17. The van der Waals surface area contributed by atoms with E-state index in [-0.39, 0.29) is 5.56 Å². The van der Waals surface area contributed by atoms with Gasteiger partial charge in [-0.15, -0.1) is 11.3 Å². The molecule has 0 bridgehead atoms. The Morgan fingerprint density at radius 3 is 2.64 bits per heavy atom. The molecule has 2 aromatic carbocycles. The summed E-state index contributed by atoms with van der Waals surface area (Å²) in [6.45, 7) is 2.01. The average Bonchev–Trinajstić information content (AvgIpc) is 3.02. The molecule has 3 nitrogen and oxygen atoms in total. The van der Waals surface area contributed by atoms with Crippen LogP contribution in [0, 0.1) is 6.92 Å². The molecule has 0 spiro atoms. The van der Waals surface area contributed by atoms with Crippen LogP contribution in [0.15, 0.2) is 52.6 Å². The Bertz CT molecular complexity index is 1160. The number of H-pyrrole nitrogens is 1. The Hall–Kier alpha value is -2.14. The molecule has 4 aromatic rings. The molecule has 124 valence electrons. The molecule has 6 heteroatoms. The van der Waals surface area contributed by atoms with Gasteiger partial charge in [0.25, 0.3) is 5.56 Å². The van der Waals surface area contributed by atoms with E-state index in [0.29, 0.717) is 26.1 Å². The lowest BCUT2D eigenvalue weighted by Crippen LogP contribution is -2.09. The van der Waals surface area contributed by atoms with E-state index in [0.717, 1.165) is 22.3 Å². The lowest BCUT2D eigenvalue weighted by atomic mass is 10.1. The lowest BCUT2D eigenvalue weighted by molar-refractivity contribution is 1.19. The van der Waals surface area contributed by atoms with Gasteiger partial charge in [0.05, 0.1) is 15.4 Å². The number of halogens is 2. The average molecular weight is 387 g/mol. The van der Waals surface area contributed by atoms with Crippen molar-refractivity contribution in [2.45, 2.75) is 6.92 Å². The summed E-state index contributed by atoms with van der Waals surface area (Å²) in [5, 5.41) is 3.43. The predicted molar refractivity (Wildman–Crippen MR) is 106 cm³/mol. The highest BCUT2D eigenvalue weighted by Crippen LogP contribution is 2.34. The van der Waals surface area contributed by atoms with Crippen molar-refractivity contribution in [1.29, 1.82) is 0 Å². The van der Waals surface area contributed by atoms with Crippen molar-refractivity contribution < 1.29 is 0 Å². The van der Waals surface area contributed by atoms with E-state index in [1.54, 1.807) is 12.1 Å². The van der Waals surface area contributed by atoms with Crippen molar-refractivity contribution in [3.05, 3.63) is 73.8 Å². The van der Waals surface area contributed by atoms with E-state index in [4.69, 9.17) is 23.2 Å². The fourth-order valence-corrected chi connectivity index (χ4v) is 4.00. The van der Waals surface area contributed by atoms with E-state index in [9.17, 15) is 4.79 Å². The molecule has 1 N–H and O–H groups in total. The number of hydrogen-bond donors (Lipinski definition) is 1. The lowest BCUT2D eigenvalue weighted by Gasteiger charge is -2.04. The zero-order valence-electron chi connectivity index (χ0n) is 13.1. The SMILES string of the molecule is Cc1cccc(-c2nc3scc(-c4ccc(Cl)c(Cl)c4)c3c(=O)[nH]2)c1. The van der Waals surface area contributed by atoms with Crippen molar-refractivity contribution in [1.82, 2.24) is 9.97 Å². The molecule has 0 saturated heterocycles. The van der Waals surface area contributed by atoms with Gasteiger partial charge in [0.2, 0.25) is 0 Å². The molecule has 0 radical (unpaired) electrons. The molecule has 0 fully saturated rings. The maximum atomic E-state index is 12.7. The topological polar surface area (TPSA) is 45.8 Å². The smallest absolute Gasteiger partial charge is 0.260 e.